The van der Waals surface area contributed by atoms with E-state index in [0.29, 0.717) is 39.0 Å². The van der Waals surface area contributed by atoms with Crippen LogP contribution in [-0.2, 0) is 9.59 Å². The molecular weight excluding hydrogens is 359 g/mol. The minimum Gasteiger partial charge on any atom is -0.368 e. The number of alkyl halides is 3. The molecule has 2 fully saturated rings. The van der Waals surface area contributed by atoms with Gasteiger partial charge in [0, 0.05) is 45.0 Å². The Labute approximate surface area is 156 Å². The van der Waals surface area contributed by atoms with E-state index >= 15 is 0 Å². The lowest BCUT2D eigenvalue weighted by Gasteiger charge is -2.39. The first-order valence-corrected chi connectivity index (χ1v) is 9.22. The van der Waals surface area contributed by atoms with Gasteiger partial charge in [0.15, 0.2) is 0 Å². The SMILES string of the molecule is Cc1cccc(N2CCN(C(=O)C3CCCN(C(=O)C(F)(F)F)C3)CC2)c1. The van der Waals surface area contributed by atoms with Gasteiger partial charge in [-0.1, -0.05) is 12.1 Å². The summed E-state index contributed by atoms with van der Waals surface area (Å²) in [5.41, 5.74) is 2.28. The van der Waals surface area contributed by atoms with Crippen LogP contribution in [0.1, 0.15) is 18.4 Å². The summed E-state index contributed by atoms with van der Waals surface area (Å²) in [6.07, 6.45) is -3.94. The highest BCUT2D eigenvalue weighted by molar-refractivity contribution is 5.84. The third-order valence-corrected chi connectivity index (χ3v) is 5.26. The Morgan fingerprint density at radius 2 is 1.74 bits per heavy atom. The third kappa shape index (κ3) is 4.54. The van der Waals surface area contributed by atoms with Gasteiger partial charge in [-0.25, -0.2) is 0 Å². The molecular formula is C19H24F3N3O2. The average molecular weight is 383 g/mol. The van der Waals surface area contributed by atoms with Crippen LogP contribution in [0, 0.1) is 12.8 Å². The number of hydrogen-bond donors (Lipinski definition) is 0. The molecule has 0 bridgehead atoms. The molecule has 0 radical (unpaired) electrons. The number of hydrogen-bond acceptors (Lipinski definition) is 3. The van der Waals surface area contributed by atoms with Gasteiger partial charge in [-0.2, -0.15) is 13.2 Å². The Morgan fingerprint density at radius 3 is 2.37 bits per heavy atom. The van der Waals surface area contributed by atoms with Crippen molar-refractivity contribution in [3.05, 3.63) is 29.8 Å². The molecule has 0 N–H and O–H groups in total. The van der Waals surface area contributed by atoms with Gasteiger partial charge in [0.1, 0.15) is 0 Å². The summed E-state index contributed by atoms with van der Waals surface area (Å²) in [6, 6.07) is 8.16. The number of amides is 2. The lowest BCUT2D eigenvalue weighted by Crippen LogP contribution is -2.54. The molecule has 1 unspecified atom stereocenters. The highest BCUT2D eigenvalue weighted by Gasteiger charge is 2.44. The highest BCUT2D eigenvalue weighted by atomic mass is 19.4. The standard InChI is InChI=1S/C19H24F3N3O2/c1-14-4-2-6-16(12-14)23-8-10-24(11-9-23)17(26)15-5-3-7-25(13-15)18(27)19(20,21)22/h2,4,6,12,15H,3,5,7-11,13H2,1H3. The molecule has 8 heteroatoms. The molecule has 2 heterocycles. The largest absolute Gasteiger partial charge is 0.471 e. The van der Waals surface area contributed by atoms with Crippen molar-refractivity contribution in [3.63, 3.8) is 0 Å². The fraction of sp³-hybridized carbons (Fsp3) is 0.579. The Kier molecular flexibility index (Phi) is 5.62. The number of halogens is 3. The number of likely N-dealkylation sites (tertiary alicyclic amines) is 1. The van der Waals surface area contributed by atoms with E-state index in [1.807, 2.05) is 25.1 Å². The van der Waals surface area contributed by atoms with Crippen LogP contribution in [0.25, 0.3) is 0 Å². The first kappa shape index (κ1) is 19.5. The van der Waals surface area contributed by atoms with Gasteiger partial charge in [0.25, 0.3) is 0 Å². The van der Waals surface area contributed by atoms with E-state index in [1.54, 1.807) is 4.90 Å². The van der Waals surface area contributed by atoms with Crippen molar-refractivity contribution in [2.75, 3.05) is 44.2 Å². The number of anilines is 1. The molecule has 0 saturated carbocycles. The Bertz CT molecular complexity index is 700. The van der Waals surface area contributed by atoms with Gasteiger partial charge in [0.2, 0.25) is 5.91 Å². The summed E-state index contributed by atoms with van der Waals surface area (Å²) in [4.78, 5) is 28.9. The number of piperidine rings is 1. The predicted octanol–water partition coefficient (Wildman–Crippen LogP) is 2.44. The average Bonchev–Trinajstić information content (AvgIpc) is 2.66. The fourth-order valence-corrected chi connectivity index (χ4v) is 3.81. The molecule has 148 valence electrons. The molecule has 1 aromatic rings. The van der Waals surface area contributed by atoms with Crippen molar-refractivity contribution in [1.82, 2.24) is 9.80 Å². The molecule has 0 spiro atoms. The van der Waals surface area contributed by atoms with Crippen LogP contribution < -0.4 is 4.90 Å². The molecule has 2 amide bonds. The Hall–Kier alpha value is -2.25. The topological polar surface area (TPSA) is 43.9 Å². The van der Waals surface area contributed by atoms with E-state index in [4.69, 9.17) is 0 Å². The van der Waals surface area contributed by atoms with Crippen LogP contribution in [0.2, 0.25) is 0 Å². The summed E-state index contributed by atoms with van der Waals surface area (Å²) < 4.78 is 38.0. The van der Waals surface area contributed by atoms with Gasteiger partial charge >= 0.3 is 12.1 Å². The number of rotatable bonds is 2. The van der Waals surface area contributed by atoms with Crippen molar-refractivity contribution in [2.45, 2.75) is 25.9 Å². The minimum atomic E-state index is -4.88. The van der Waals surface area contributed by atoms with Gasteiger partial charge in [-0.3, -0.25) is 9.59 Å². The van der Waals surface area contributed by atoms with E-state index in [0.717, 1.165) is 10.6 Å². The molecule has 5 nitrogen and oxygen atoms in total. The summed E-state index contributed by atoms with van der Waals surface area (Å²) in [5.74, 6) is -2.53. The lowest BCUT2D eigenvalue weighted by molar-refractivity contribution is -0.187. The predicted molar refractivity (Wildman–Crippen MR) is 95.3 cm³/mol. The zero-order chi connectivity index (χ0) is 19.6. The normalized spacial score (nSPS) is 21.3. The summed E-state index contributed by atoms with van der Waals surface area (Å²) in [7, 11) is 0. The number of nitrogens with zero attached hydrogens (tertiary/aromatic N) is 3. The van der Waals surface area contributed by atoms with Crippen molar-refractivity contribution in [1.29, 1.82) is 0 Å². The molecule has 0 aliphatic carbocycles. The molecule has 27 heavy (non-hydrogen) atoms. The van der Waals surface area contributed by atoms with Crippen LogP contribution in [-0.4, -0.2) is 67.1 Å². The van der Waals surface area contributed by atoms with Crippen molar-refractivity contribution >= 4 is 17.5 Å². The van der Waals surface area contributed by atoms with E-state index < -0.39 is 18.0 Å². The monoisotopic (exact) mass is 383 g/mol. The summed E-state index contributed by atoms with van der Waals surface area (Å²) in [6.45, 7) is 4.39. The van der Waals surface area contributed by atoms with E-state index in [2.05, 4.69) is 11.0 Å². The van der Waals surface area contributed by atoms with Crippen LogP contribution in [0.5, 0.6) is 0 Å². The number of benzene rings is 1. The van der Waals surface area contributed by atoms with Gasteiger partial charge in [-0.05, 0) is 37.5 Å². The summed E-state index contributed by atoms with van der Waals surface area (Å²) >= 11 is 0. The number of carbonyl (C=O) groups excluding carboxylic acids is 2. The number of aryl methyl sites for hydroxylation is 1. The second-order valence-corrected chi connectivity index (χ2v) is 7.24. The Balaban J connectivity index is 1.56. The second-order valence-electron chi connectivity index (χ2n) is 7.24. The van der Waals surface area contributed by atoms with Crippen LogP contribution in [0.15, 0.2) is 24.3 Å². The maximum atomic E-state index is 12.8. The highest BCUT2D eigenvalue weighted by Crippen LogP contribution is 2.26. The van der Waals surface area contributed by atoms with Crippen molar-refractivity contribution < 1.29 is 22.8 Å². The zero-order valence-corrected chi connectivity index (χ0v) is 15.3. The van der Waals surface area contributed by atoms with Crippen molar-refractivity contribution in [3.8, 4) is 0 Å². The van der Waals surface area contributed by atoms with Gasteiger partial charge in [0.05, 0.1) is 5.92 Å². The lowest BCUT2D eigenvalue weighted by atomic mass is 9.96. The molecule has 1 atom stereocenters. The van der Waals surface area contributed by atoms with Crippen LogP contribution in [0.4, 0.5) is 18.9 Å². The zero-order valence-electron chi connectivity index (χ0n) is 15.3. The molecule has 0 aromatic heterocycles. The van der Waals surface area contributed by atoms with E-state index in [-0.39, 0.29) is 19.0 Å². The van der Waals surface area contributed by atoms with Crippen molar-refractivity contribution in [2.24, 2.45) is 5.92 Å². The smallest absolute Gasteiger partial charge is 0.368 e. The maximum Gasteiger partial charge on any atom is 0.471 e. The second kappa shape index (κ2) is 7.78. The number of carbonyl (C=O) groups is 2. The Morgan fingerprint density at radius 1 is 1.04 bits per heavy atom. The molecule has 2 saturated heterocycles. The van der Waals surface area contributed by atoms with Gasteiger partial charge < -0.3 is 14.7 Å². The molecule has 1 aromatic carbocycles. The number of piperazine rings is 1. The van der Waals surface area contributed by atoms with Gasteiger partial charge in [-0.15, -0.1) is 0 Å². The molecule has 3 rings (SSSR count). The fourth-order valence-electron chi connectivity index (χ4n) is 3.81. The first-order valence-electron chi connectivity index (χ1n) is 9.22. The van der Waals surface area contributed by atoms with Crippen LogP contribution >= 0.6 is 0 Å². The van der Waals surface area contributed by atoms with E-state index in [9.17, 15) is 22.8 Å². The molecule has 2 aliphatic rings. The quantitative estimate of drug-likeness (QED) is 0.788. The third-order valence-electron chi connectivity index (χ3n) is 5.26. The summed E-state index contributed by atoms with van der Waals surface area (Å²) in [5, 5.41) is 0. The minimum absolute atomic E-state index is 0.0588. The first-order chi connectivity index (χ1) is 12.8. The van der Waals surface area contributed by atoms with Crippen LogP contribution in [0.3, 0.4) is 0 Å². The van der Waals surface area contributed by atoms with E-state index in [1.165, 1.54) is 5.56 Å². The molecule has 2 aliphatic heterocycles. The maximum absolute atomic E-state index is 12.8.